The van der Waals surface area contributed by atoms with Crippen LogP contribution in [0.15, 0.2) is 0 Å². The molecule has 3 atom stereocenters. The first-order valence-electron chi connectivity index (χ1n) is 4.93. The van der Waals surface area contributed by atoms with Gasteiger partial charge in [0.2, 0.25) is 0 Å². The lowest BCUT2D eigenvalue weighted by Gasteiger charge is -2.26. The van der Waals surface area contributed by atoms with Crippen LogP contribution in [-0.2, 0) is 9.59 Å². The third-order valence-electron chi connectivity index (χ3n) is 3.53. The van der Waals surface area contributed by atoms with Crippen molar-refractivity contribution in [1.82, 2.24) is 0 Å². The third kappa shape index (κ3) is 1.47. The van der Waals surface area contributed by atoms with Crippen LogP contribution in [0, 0.1) is 17.8 Å². The first-order valence-corrected chi connectivity index (χ1v) is 4.93. The number of carboxylic acids is 1. The van der Waals surface area contributed by atoms with Crippen molar-refractivity contribution >= 4 is 11.8 Å². The summed E-state index contributed by atoms with van der Waals surface area (Å²) in [6.45, 7) is 0. The van der Waals surface area contributed by atoms with Crippen molar-refractivity contribution in [2.75, 3.05) is 0 Å². The molecule has 2 rings (SSSR count). The standard InChI is InChI=1S/C10H14O3/c11-7-2-4-8-6(5-7)1-3-9(8)10(12)13/h6,8-9H,1-5H2,(H,12,13)/t6?,8?,9-/m1/s1. The first kappa shape index (κ1) is 8.73. The topological polar surface area (TPSA) is 54.4 Å². The van der Waals surface area contributed by atoms with Gasteiger partial charge in [-0.15, -0.1) is 0 Å². The van der Waals surface area contributed by atoms with Gasteiger partial charge < -0.3 is 5.11 Å². The Kier molecular flexibility index (Phi) is 2.10. The molecule has 1 N–H and O–H groups in total. The van der Waals surface area contributed by atoms with Gasteiger partial charge in [0.05, 0.1) is 5.92 Å². The van der Waals surface area contributed by atoms with Gasteiger partial charge in [0, 0.05) is 12.8 Å². The van der Waals surface area contributed by atoms with Gasteiger partial charge in [0.15, 0.2) is 0 Å². The summed E-state index contributed by atoms with van der Waals surface area (Å²) in [6.07, 6.45) is 3.76. The zero-order valence-corrected chi connectivity index (χ0v) is 7.53. The highest BCUT2D eigenvalue weighted by atomic mass is 16.4. The van der Waals surface area contributed by atoms with Crippen LogP contribution in [0.1, 0.15) is 32.1 Å². The number of carbonyl (C=O) groups is 2. The molecule has 3 heteroatoms. The van der Waals surface area contributed by atoms with E-state index in [1.165, 1.54) is 0 Å². The van der Waals surface area contributed by atoms with Gasteiger partial charge in [0.1, 0.15) is 5.78 Å². The number of ketones is 1. The summed E-state index contributed by atoms with van der Waals surface area (Å²) in [6, 6.07) is 0. The molecule has 0 aromatic carbocycles. The molecule has 0 bridgehead atoms. The molecule has 72 valence electrons. The quantitative estimate of drug-likeness (QED) is 0.668. The average molecular weight is 182 g/mol. The van der Waals surface area contributed by atoms with E-state index in [0.29, 0.717) is 24.5 Å². The van der Waals surface area contributed by atoms with Crippen molar-refractivity contribution in [1.29, 1.82) is 0 Å². The normalized spacial score (nSPS) is 38.8. The molecule has 0 heterocycles. The maximum absolute atomic E-state index is 11.1. The van der Waals surface area contributed by atoms with Crippen LogP contribution in [-0.4, -0.2) is 16.9 Å². The van der Waals surface area contributed by atoms with Crippen molar-refractivity contribution in [3.05, 3.63) is 0 Å². The molecule has 0 spiro atoms. The van der Waals surface area contributed by atoms with Crippen LogP contribution in [0.4, 0.5) is 0 Å². The molecule has 2 saturated carbocycles. The lowest BCUT2D eigenvalue weighted by atomic mass is 9.77. The molecule has 0 saturated heterocycles. The second kappa shape index (κ2) is 3.13. The van der Waals surface area contributed by atoms with E-state index in [4.69, 9.17) is 5.11 Å². The Bertz CT molecular complexity index is 247. The van der Waals surface area contributed by atoms with E-state index in [1.807, 2.05) is 0 Å². The largest absolute Gasteiger partial charge is 0.481 e. The minimum atomic E-state index is -0.665. The summed E-state index contributed by atoms with van der Waals surface area (Å²) in [4.78, 5) is 22.0. The van der Waals surface area contributed by atoms with E-state index in [0.717, 1.165) is 19.3 Å². The minimum Gasteiger partial charge on any atom is -0.481 e. The number of aliphatic carboxylic acids is 1. The van der Waals surface area contributed by atoms with Gasteiger partial charge >= 0.3 is 5.97 Å². The highest BCUT2D eigenvalue weighted by Crippen LogP contribution is 2.44. The highest BCUT2D eigenvalue weighted by Gasteiger charge is 2.42. The number of hydrogen-bond acceptors (Lipinski definition) is 2. The fraction of sp³-hybridized carbons (Fsp3) is 0.800. The van der Waals surface area contributed by atoms with Crippen LogP contribution < -0.4 is 0 Å². The molecule has 2 aliphatic carbocycles. The Morgan fingerprint density at radius 1 is 1.31 bits per heavy atom. The smallest absolute Gasteiger partial charge is 0.306 e. The molecular weight excluding hydrogens is 168 g/mol. The number of carboxylic acid groups (broad SMARTS) is 1. The lowest BCUT2D eigenvalue weighted by molar-refractivity contribution is -0.144. The van der Waals surface area contributed by atoms with Gasteiger partial charge in [-0.1, -0.05) is 0 Å². The SMILES string of the molecule is O=C1CCC2C(CC[C@H]2C(=O)O)C1. The molecule has 2 fully saturated rings. The van der Waals surface area contributed by atoms with Crippen LogP contribution >= 0.6 is 0 Å². The number of carbonyl (C=O) groups excluding carboxylic acids is 1. The van der Waals surface area contributed by atoms with Crippen LogP contribution in [0.3, 0.4) is 0 Å². The van der Waals surface area contributed by atoms with Crippen molar-refractivity contribution < 1.29 is 14.7 Å². The Hall–Kier alpha value is -0.860. The van der Waals surface area contributed by atoms with E-state index >= 15 is 0 Å². The van der Waals surface area contributed by atoms with Crippen LogP contribution in [0.5, 0.6) is 0 Å². The highest BCUT2D eigenvalue weighted by molar-refractivity contribution is 5.80. The number of hydrogen-bond donors (Lipinski definition) is 1. The Morgan fingerprint density at radius 2 is 2.08 bits per heavy atom. The predicted molar refractivity (Wildman–Crippen MR) is 46.2 cm³/mol. The zero-order chi connectivity index (χ0) is 9.42. The van der Waals surface area contributed by atoms with Crippen molar-refractivity contribution in [3.8, 4) is 0 Å². The third-order valence-corrected chi connectivity index (χ3v) is 3.53. The first-order chi connectivity index (χ1) is 6.18. The Labute approximate surface area is 77.1 Å². The zero-order valence-electron chi connectivity index (χ0n) is 7.53. The van der Waals surface area contributed by atoms with Gasteiger partial charge in [-0.3, -0.25) is 9.59 Å². The summed E-state index contributed by atoms with van der Waals surface area (Å²) >= 11 is 0. The average Bonchev–Trinajstić information content (AvgIpc) is 2.46. The molecule has 0 aromatic heterocycles. The van der Waals surface area contributed by atoms with Crippen LogP contribution in [0.25, 0.3) is 0 Å². The molecular formula is C10H14O3. The molecule has 0 radical (unpaired) electrons. The molecule has 0 aliphatic heterocycles. The second-order valence-electron chi connectivity index (χ2n) is 4.23. The van der Waals surface area contributed by atoms with Gasteiger partial charge in [-0.25, -0.2) is 0 Å². The number of rotatable bonds is 1. The van der Waals surface area contributed by atoms with Gasteiger partial charge in [0.25, 0.3) is 0 Å². The minimum absolute atomic E-state index is 0.168. The second-order valence-corrected chi connectivity index (χ2v) is 4.23. The molecule has 0 amide bonds. The van der Waals surface area contributed by atoms with E-state index in [1.54, 1.807) is 0 Å². The summed E-state index contributed by atoms with van der Waals surface area (Å²) in [7, 11) is 0. The van der Waals surface area contributed by atoms with E-state index in [2.05, 4.69) is 0 Å². The fourth-order valence-corrected chi connectivity index (χ4v) is 2.87. The van der Waals surface area contributed by atoms with Crippen molar-refractivity contribution in [2.45, 2.75) is 32.1 Å². The van der Waals surface area contributed by atoms with E-state index in [9.17, 15) is 9.59 Å². The van der Waals surface area contributed by atoms with Crippen molar-refractivity contribution in [3.63, 3.8) is 0 Å². The fourth-order valence-electron chi connectivity index (χ4n) is 2.87. The van der Waals surface area contributed by atoms with E-state index in [-0.39, 0.29) is 11.8 Å². The summed E-state index contributed by atoms with van der Waals surface area (Å²) in [5.74, 6) is 0.157. The molecule has 3 nitrogen and oxygen atoms in total. The molecule has 2 unspecified atom stereocenters. The predicted octanol–water partition coefficient (Wildman–Crippen LogP) is 1.47. The van der Waals surface area contributed by atoms with Crippen molar-refractivity contribution in [2.24, 2.45) is 17.8 Å². The molecule has 0 aromatic rings. The van der Waals surface area contributed by atoms with Crippen LogP contribution in [0.2, 0.25) is 0 Å². The maximum atomic E-state index is 11.1. The molecule has 2 aliphatic rings. The lowest BCUT2D eigenvalue weighted by Crippen LogP contribution is -2.27. The monoisotopic (exact) mass is 182 g/mol. The van der Waals surface area contributed by atoms with Gasteiger partial charge in [-0.05, 0) is 31.1 Å². The van der Waals surface area contributed by atoms with E-state index < -0.39 is 5.97 Å². The summed E-state index contributed by atoms with van der Waals surface area (Å²) in [5.41, 5.74) is 0. The van der Waals surface area contributed by atoms with Gasteiger partial charge in [-0.2, -0.15) is 0 Å². The Balaban J connectivity index is 2.08. The number of Topliss-reactive ketones (excluding diaryl/α,β-unsaturated/α-hetero) is 1. The number of fused-ring (bicyclic) bond motifs is 1. The summed E-state index contributed by atoms with van der Waals surface area (Å²) < 4.78 is 0. The molecule has 13 heavy (non-hydrogen) atoms. The Morgan fingerprint density at radius 3 is 2.77 bits per heavy atom. The maximum Gasteiger partial charge on any atom is 0.306 e. The summed E-state index contributed by atoms with van der Waals surface area (Å²) in [5, 5.41) is 8.93.